The van der Waals surface area contributed by atoms with Crippen molar-refractivity contribution in [3.63, 3.8) is 0 Å². The zero-order chi connectivity index (χ0) is 18.0. The van der Waals surface area contributed by atoms with Gasteiger partial charge in [-0.15, -0.1) is 0 Å². The first-order valence-electron chi connectivity index (χ1n) is 10.4. The molecule has 4 heteroatoms. The summed E-state index contributed by atoms with van der Waals surface area (Å²) in [6.45, 7) is 7.72. The minimum Gasteiger partial charge on any atom is -0.462 e. The van der Waals surface area contributed by atoms with Gasteiger partial charge in [-0.3, -0.25) is 9.69 Å². The second-order valence-corrected chi connectivity index (χ2v) is 8.53. The minimum atomic E-state index is -0.0929. The molecule has 1 aliphatic carbocycles. The number of esters is 1. The van der Waals surface area contributed by atoms with Crippen LogP contribution in [0.2, 0.25) is 0 Å². The maximum Gasteiger partial charge on any atom is 0.312 e. The van der Waals surface area contributed by atoms with Crippen LogP contribution in [0.1, 0.15) is 50.5 Å². The SMILES string of the molecule is Cc1ccc(N2CCN(CCC[C@@H]3CC4(CCCC4)C(=O)O3)CC2)cc1. The van der Waals surface area contributed by atoms with E-state index in [-0.39, 0.29) is 17.5 Å². The molecule has 1 atom stereocenters. The zero-order valence-corrected chi connectivity index (χ0v) is 16.1. The first-order valence-corrected chi connectivity index (χ1v) is 10.4. The number of carbonyl (C=O) groups is 1. The van der Waals surface area contributed by atoms with Crippen LogP contribution in [0.3, 0.4) is 0 Å². The van der Waals surface area contributed by atoms with Gasteiger partial charge in [0.15, 0.2) is 0 Å². The quantitative estimate of drug-likeness (QED) is 0.752. The van der Waals surface area contributed by atoms with Crippen LogP contribution < -0.4 is 4.90 Å². The molecule has 26 heavy (non-hydrogen) atoms. The normalized spacial score (nSPS) is 25.8. The summed E-state index contributed by atoms with van der Waals surface area (Å²) in [5, 5.41) is 0. The molecule has 2 heterocycles. The molecule has 0 unspecified atom stereocenters. The van der Waals surface area contributed by atoms with Crippen molar-refractivity contribution in [2.75, 3.05) is 37.6 Å². The molecule has 2 aliphatic heterocycles. The van der Waals surface area contributed by atoms with E-state index in [4.69, 9.17) is 4.74 Å². The topological polar surface area (TPSA) is 32.8 Å². The fourth-order valence-corrected chi connectivity index (χ4v) is 4.99. The molecule has 0 N–H and O–H groups in total. The molecule has 1 aromatic carbocycles. The summed E-state index contributed by atoms with van der Waals surface area (Å²) in [5.41, 5.74) is 2.57. The third kappa shape index (κ3) is 3.75. The summed E-state index contributed by atoms with van der Waals surface area (Å²) < 4.78 is 5.71. The number of aryl methyl sites for hydroxylation is 1. The molecule has 0 radical (unpaired) electrons. The van der Waals surface area contributed by atoms with Crippen molar-refractivity contribution < 1.29 is 9.53 Å². The number of hydrogen-bond donors (Lipinski definition) is 0. The molecular formula is C22H32N2O2. The van der Waals surface area contributed by atoms with Crippen LogP contribution in [-0.4, -0.2) is 49.7 Å². The van der Waals surface area contributed by atoms with E-state index in [1.165, 1.54) is 24.1 Å². The molecule has 3 aliphatic rings. The van der Waals surface area contributed by atoms with Crippen molar-refractivity contribution in [1.29, 1.82) is 0 Å². The number of rotatable bonds is 5. The Morgan fingerprint density at radius 1 is 1.08 bits per heavy atom. The summed E-state index contributed by atoms with van der Waals surface area (Å²) in [7, 11) is 0. The second kappa shape index (κ2) is 7.59. The molecule has 4 nitrogen and oxygen atoms in total. The van der Waals surface area contributed by atoms with Crippen LogP contribution in [0, 0.1) is 12.3 Å². The molecule has 1 aromatic rings. The molecule has 2 saturated heterocycles. The number of anilines is 1. The second-order valence-electron chi connectivity index (χ2n) is 8.53. The number of carbonyl (C=O) groups excluding carboxylic acids is 1. The standard InChI is InChI=1S/C22H32N2O2/c1-18-6-8-19(9-7-18)24-15-13-23(14-16-24)12-4-5-20-17-22(21(25)26-20)10-2-3-11-22/h6-9,20H,2-5,10-17H2,1H3/t20-/m1/s1. The van der Waals surface area contributed by atoms with Gasteiger partial charge in [-0.1, -0.05) is 30.5 Å². The molecule has 1 spiro atoms. The summed E-state index contributed by atoms with van der Waals surface area (Å²) in [6.07, 6.45) is 7.85. The Hall–Kier alpha value is -1.55. The van der Waals surface area contributed by atoms with Gasteiger partial charge in [-0.2, -0.15) is 0 Å². The van der Waals surface area contributed by atoms with Crippen molar-refractivity contribution in [2.24, 2.45) is 5.41 Å². The molecule has 0 aromatic heterocycles. The van der Waals surface area contributed by atoms with Crippen LogP contribution >= 0.6 is 0 Å². The van der Waals surface area contributed by atoms with Crippen molar-refractivity contribution in [3.8, 4) is 0 Å². The predicted molar refractivity (Wildman–Crippen MR) is 104 cm³/mol. The van der Waals surface area contributed by atoms with E-state index in [0.29, 0.717) is 0 Å². The highest BCUT2D eigenvalue weighted by atomic mass is 16.6. The number of nitrogens with zero attached hydrogens (tertiary/aromatic N) is 2. The Kier molecular flexibility index (Phi) is 5.21. The maximum absolute atomic E-state index is 12.2. The van der Waals surface area contributed by atoms with E-state index in [2.05, 4.69) is 41.0 Å². The van der Waals surface area contributed by atoms with E-state index >= 15 is 0 Å². The van der Waals surface area contributed by atoms with Crippen LogP contribution in [0.15, 0.2) is 24.3 Å². The Bertz CT molecular complexity index is 614. The highest BCUT2D eigenvalue weighted by Gasteiger charge is 2.50. The average molecular weight is 357 g/mol. The third-order valence-corrected chi connectivity index (χ3v) is 6.66. The van der Waals surface area contributed by atoms with Crippen LogP contribution in [0.25, 0.3) is 0 Å². The number of hydrogen-bond acceptors (Lipinski definition) is 4. The fraction of sp³-hybridized carbons (Fsp3) is 0.682. The zero-order valence-electron chi connectivity index (χ0n) is 16.1. The third-order valence-electron chi connectivity index (χ3n) is 6.66. The Morgan fingerprint density at radius 2 is 1.77 bits per heavy atom. The largest absolute Gasteiger partial charge is 0.462 e. The van der Waals surface area contributed by atoms with E-state index in [9.17, 15) is 4.79 Å². The number of ether oxygens (including phenoxy) is 1. The van der Waals surface area contributed by atoms with Gasteiger partial charge in [0.2, 0.25) is 0 Å². The highest BCUT2D eigenvalue weighted by molar-refractivity contribution is 5.79. The number of benzene rings is 1. The van der Waals surface area contributed by atoms with Crippen molar-refractivity contribution in [1.82, 2.24) is 4.90 Å². The van der Waals surface area contributed by atoms with E-state index in [1.807, 2.05) is 0 Å². The first kappa shape index (κ1) is 17.8. The Balaban J connectivity index is 1.18. The molecule has 0 amide bonds. The molecule has 3 fully saturated rings. The lowest BCUT2D eigenvalue weighted by molar-refractivity contribution is -0.148. The van der Waals surface area contributed by atoms with Crippen LogP contribution in [0.4, 0.5) is 5.69 Å². The van der Waals surface area contributed by atoms with Gasteiger partial charge in [0.25, 0.3) is 0 Å². The minimum absolute atomic E-state index is 0.0929. The summed E-state index contributed by atoms with van der Waals surface area (Å²) in [5.74, 6) is 0.103. The number of cyclic esters (lactones) is 1. The smallest absolute Gasteiger partial charge is 0.312 e. The van der Waals surface area contributed by atoms with Crippen molar-refractivity contribution >= 4 is 11.7 Å². The Labute approximate surface area is 157 Å². The molecule has 142 valence electrons. The summed E-state index contributed by atoms with van der Waals surface area (Å²) >= 11 is 0. The van der Waals surface area contributed by atoms with Gasteiger partial charge in [0, 0.05) is 38.3 Å². The van der Waals surface area contributed by atoms with Gasteiger partial charge in [-0.25, -0.2) is 0 Å². The fourth-order valence-electron chi connectivity index (χ4n) is 4.99. The lowest BCUT2D eigenvalue weighted by Gasteiger charge is -2.36. The van der Waals surface area contributed by atoms with E-state index in [0.717, 1.165) is 64.8 Å². The molecular weight excluding hydrogens is 324 g/mol. The summed E-state index contributed by atoms with van der Waals surface area (Å²) in [6, 6.07) is 8.86. The van der Waals surface area contributed by atoms with Gasteiger partial charge < -0.3 is 9.64 Å². The van der Waals surface area contributed by atoms with Crippen molar-refractivity contribution in [2.45, 2.75) is 58.0 Å². The van der Waals surface area contributed by atoms with Crippen molar-refractivity contribution in [3.05, 3.63) is 29.8 Å². The number of piperazine rings is 1. The van der Waals surface area contributed by atoms with Gasteiger partial charge in [0.05, 0.1) is 5.41 Å². The lowest BCUT2D eigenvalue weighted by Crippen LogP contribution is -2.46. The first-order chi connectivity index (χ1) is 12.6. The average Bonchev–Trinajstić information content (AvgIpc) is 3.24. The monoisotopic (exact) mass is 356 g/mol. The predicted octanol–water partition coefficient (Wildman–Crippen LogP) is 3.77. The molecule has 0 bridgehead atoms. The molecule has 1 saturated carbocycles. The van der Waals surface area contributed by atoms with E-state index < -0.39 is 0 Å². The Morgan fingerprint density at radius 3 is 2.46 bits per heavy atom. The van der Waals surface area contributed by atoms with Gasteiger partial charge in [0.1, 0.15) is 6.10 Å². The van der Waals surface area contributed by atoms with E-state index in [1.54, 1.807) is 0 Å². The molecule has 4 rings (SSSR count). The summed E-state index contributed by atoms with van der Waals surface area (Å²) in [4.78, 5) is 17.3. The van der Waals surface area contributed by atoms with Gasteiger partial charge >= 0.3 is 5.97 Å². The lowest BCUT2D eigenvalue weighted by atomic mass is 9.82. The van der Waals surface area contributed by atoms with Crippen LogP contribution in [0.5, 0.6) is 0 Å². The maximum atomic E-state index is 12.2. The van der Waals surface area contributed by atoms with Gasteiger partial charge in [-0.05, 0) is 51.3 Å². The highest BCUT2D eigenvalue weighted by Crippen LogP contribution is 2.48. The van der Waals surface area contributed by atoms with Crippen LogP contribution in [-0.2, 0) is 9.53 Å².